The van der Waals surface area contributed by atoms with Gasteiger partial charge in [-0.05, 0) is 24.6 Å². The van der Waals surface area contributed by atoms with E-state index in [0.29, 0.717) is 44.9 Å². The molecule has 1 saturated heterocycles. The normalized spacial score (nSPS) is 19.8. The second-order valence-corrected chi connectivity index (χ2v) is 11.2. The highest BCUT2D eigenvalue weighted by atomic mass is 79.9. The third-order valence-corrected chi connectivity index (χ3v) is 8.23. The number of aliphatic imine (C=N–C) groups is 1. The molecule has 0 aliphatic carbocycles. The predicted molar refractivity (Wildman–Crippen MR) is 149 cm³/mol. The third-order valence-electron chi connectivity index (χ3n) is 6.08. The molecule has 39 heavy (non-hydrogen) atoms. The number of anilines is 1. The van der Waals surface area contributed by atoms with E-state index in [1.807, 2.05) is 10.3 Å². The highest BCUT2D eigenvalue weighted by Gasteiger charge is 2.37. The summed E-state index contributed by atoms with van der Waals surface area (Å²) in [4.78, 5) is 41.9. The molecule has 2 aliphatic rings. The minimum atomic E-state index is -0.808. The van der Waals surface area contributed by atoms with E-state index >= 15 is 0 Å². The van der Waals surface area contributed by atoms with Gasteiger partial charge in [-0.1, -0.05) is 22.0 Å². The molecule has 1 amide bonds. The van der Waals surface area contributed by atoms with Crippen molar-refractivity contribution in [3.8, 4) is 0 Å². The van der Waals surface area contributed by atoms with Gasteiger partial charge in [0, 0.05) is 46.4 Å². The lowest BCUT2D eigenvalue weighted by atomic mass is 9.95. The topological polar surface area (TPSA) is 118 Å². The van der Waals surface area contributed by atoms with Crippen LogP contribution in [-0.2, 0) is 19.1 Å². The first kappa shape index (κ1) is 27.5. The number of amidine groups is 1. The van der Waals surface area contributed by atoms with E-state index in [4.69, 9.17) is 14.5 Å². The van der Waals surface area contributed by atoms with Gasteiger partial charge in [0.1, 0.15) is 17.9 Å². The fourth-order valence-electron chi connectivity index (χ4n) is 4.31. The van der Waals surface area contributed by atoms with Crippen LogP contribution in [0.25, 0.3) is 0 Å². The van der Waals surface area contributed by atoms with Gasteiger partial charge in [0.15, 0.2) is 16.0 Å². The Morgan fingerprint density at radius 3 is 2.82 bits per heavy atom. The molecule has 5 rings (SSSR count). The fourth-order valence-corrected chi connectivity index (χ4v) is 6.00. The van der Waals surface area contributed by atoms with Gasteiger partial charge in [-0.15, -0.1) is 22.7 Å². The van der Waals surface area contributed by atoms with Crippen LogP contribution >= 0.6 is 38.6 Å². The number of carbonyl (C=O) groups is 2. The van der Waals surface area contributed by atoms with E-state index in [9.17, 15) is 14.0 Å². The zero-order chi connectivity index (χ0) is 27.4. The summed E-state index contributed by atoms with van der Waals surface area (Å²) < 4.78 is 25.5. The van der Waals surface area contributed by atoms with Crippen LogP contribution in [0.4, 0.5) is 9.52 Å². The number of nitrogens with one attached hydrogen (secondary N) is 2. The van der Waals surface area contributed by atoms with E-state index < -0.39 is 23.9 Å². The Morgan fingerprint density at radius 1 is 1.28 bits per heavy atom. The van der Waals surface area contributed by atoms with Gasteiger partial charge in [-0.2, -0.15) is 0 Å². The molecule has 1 fully saturated rings. The van der Waals surface area contributed by atoms with Gasteiger partial charge >= 0.3 is 5.97 Å². The van der Waals surface area contributed by atoms with Crippen LogP contribution in [0.2, 0.25) is 0 Å². The molecule has 10 nitrogen and oxygen atoms in total. The van der Waals surface area contributed by atoms with Crippen molar-refractivity contribution in [2.24, 2.45) is 4.99 Å². The highest BCUT2D eigenvalue weighted by molar-refractivity contribution is 9.10. The molecule has 204 valence electrons. The molecule has 1 aromatic carbocycles. The fraction of sp³-hybridized carbons (Fsp3) is 0.320. The number of thiazole rings is 2. The maximum atomic E-state index is 14.0. The van der Waals surface area contributed by atoms with Crippen LogP contribution in [0.3, 0.4) is 0 Å². The first-order valence-electron chi connectivity index (χ1n) is 12.1. The molecule has 3 aromatic rings. The number of halogens is 2. The summed E-state index contributed by atoms with van der Waals surface area (Å²) in [6.07, 6.45) is 3.28. The lowest BCUT2D eigenvalue weighted by Gasteiger charge is -2.36. The summed E-state index contributed by atoms with van der Waals surface area (Å²) in [5, 5.41) is 10.8. The highest BCUT2D eigenvalue weighted by Crippen LogP contribution is 2.37. The number of amides is 1. The number of ether oxygens (including phenoxy) is 2. The van der Waals surface area contributed by atoms with Gasteiger partial charge in [-0.25, -0.2) is 19.2 Å². The summed E-state index contributed by atoms with van der Waals surface area (Å²) >= 11 is 6.15. The Kier molecular flexibility index (Phi) is 8.77. The van der Waals surface area contributed by atoms with E-state index in [-0.39, 0.29) is 31.2 Å². The first-order valence-corrected chi connectivity index (χ1v) is 14.6. The average Bonchev–Trinajstić information content (AvgIpc) is 3.64. The number of carbonyl (C=O) groups excluding carboxylic acids is 2. The molecule has 0 spiro atoms. The molecule has 2 atom stereocenters. The zero-order valence-corrected chi connectivity index (χ0v) is 23.9. The third kappa shape index (κ3) is 6.25. The number of benzene rings is 1. The number of esters is 1. The lowest BCUT2D eigenvalue weighted by molar-refractivity contribution is -0.139. The van der Waals surface area contributed by atoms with Crippen LogP contribution in [0, 0.1) is 5.82 Å². The summed E-state index contributed by atoms with van der Waals surface area (Å²) in [7, 11) is 0. The maximum absolute atomic E-state index is 14.0. The van der Waals surface area contributed by atoms with Crippen molar-refractivity contribution in [1.82, 2.24) is 20.2 Å². The van der Waals surface area contributed by atoms with Crippen molar-refractivity contribution in [3.63, 3.8) is 0 Å². The van der Waals surface area contributed by atoms with Crippen LogP contribution in [0.5, 0.6) is 0 Å². The van der Waals surface area contributed by atoms with Crippen molar-refractivity contribution < 1.29 is 23.5 Å². The SMILES string of the molecule is CCOC(=O)C1=C(CN2CCOC[C@H]2C(=O)Nc2nccs2)NC(c2nccs2)=N[C@H]1c1ccc(F)cc1Br. The van der Waals surface area contributed by atoms with E-state index in [2.05, 4.69) is 36.5 Å². The smallest absolute Gasteiger partial charge is 0.338 e. The van der Waals surface area contributed by atoms with Gasteiger partial charge < -0.3 is 20.1 Å². The number of hydrogen-bond donors (Lipinski definition) is 2. The Hall–Kier alpha value is -3.04. The molecular weight excluding hydrogens is 611 g/mol. The van der Waals surface area contributed by atoms with Crippen molar-refractivity contribution in [2.75, 3.05) is 38.2 Å². The summed E-state index contributed by atoms with van der Waals surface area (Å²) in [5.74, 6) is -0.773. The van der Waals surface area contributed by atoms with Gasteiger partial charge in [0.2, 0.25) is 5.91 Å². The molecule has 0 radical (unpaired) electrons. The second-order valence-electron chi connectivity index (χ2n) is 8.51. The molecule has 0 unspecified atom stereocenters. The largest absolute Gasteiger partial charge is 0.463 e. The van der Waals surface area contributed by atoms with Crippen molar-refractivity contribution >= 4 is 61.4 Å². The Labute approximate surface area is 240 Å². The number of nitrogens with zero attached hydrogens (tertiary/aromatic N) is 4. The first-order chi connectivity index (χ1) is 18.9. The van der Waals surface area contributed by atoms with Crippen LogP contribution in [0.15, 0.2) is 62.1 Å². The molecule has 2 N–H and O–H groups in total. The lowest BCUT2D eigenvalue weighted by Crippen LogP contribution is -2.54. The van der Waals surface area contributed by atoms with Gasteiger partial charge in [0.05, 0.1) is 25.4 Å². The molecule has 0 saturated carbocycles. The van der Waals surface area contributed by atoms with E-state index in [1.165, 1.54) is 34.8 Å². The maximum Gasteiger partial charge on any atom is 0.338 e. The van der Waals surface area contributed by atoms with Crippen molar-refractivity contribution in [2.45, 2.75) is 19.0 Å². The number of morpholine rings is 1. The standard InChI is InChI=1S/C25H24BrFN6O4S2/c1-2-37-24(35)19-17(12-33-7-8-36-13-18(33)22(34)32-25-29-6-10-39-25)30-21(23-28-5-9-38-23)31-20(19)15-4-3-14(27)11-16(15)26/h3-6,9-11,18,20H,2,7-8,12-13H2,1H3,(H,30,31)(H,29,32,34)/t18-,20-/m0/s1. The summed E-state index contributed by atoms with van der Waals surface area (Å²) in [5.41, 5.74) is 1.38. The second kappa shape index (κ2) is 12.4. The Morgan fingerprint density at radius 2 is 2.10 bits per heavy atom. The molecule has 2 aromatic heterocycles. The minimum Gasteiger partial charge on any atom is -0.463 e. The monoisotopic (exact) mass is 634 g/mol. The van der Waals surface area contributed by atoms with Gasteiger partial charge in [-0.3, -0.25) is 14.7 Å². The van der Waals surface area contributed by atoms with Crippen LogP contribution in [0.1, 0.15) is 23.5 Å². The minimum absolute atomic E-state index is 0.159. The van der Waals surface area contributed by atoms with Crippen molar-refractivity contribution in [1.29, 1.82) is 0 Å². The quantitative estimate of drug-likeness (QED) is 0.360. The van der Waals surface area contributed by atoms with E-state index in [0.717, 1.165) is 0 Å². The molecule has 4 heterocycles. The van der Waals surface area contributed by atoms with Crippen LogP contribution in [-0.4, -0.2) is 71.5 Å². The molecular formula is C25H24BrFN6O4S2. The summed E-state index contributed by atoms with van der Waals surface area (Å²) in [6, 6.07) is 2.81. The zero-order valence-electron chi connectivity index (χ0n) is 20.7. The Balaban J connectivity index is 1.55. The van der Waals surface area contributed by atoms with E-state index in [1.54, 1.807) is 30.8 Å². The molecule has 14 heteroatoms. The van der Waals surface area contributed by atoms with Crippen LogP contribution < -0.4 is 10.6 Å². The predicted octanol–water partition coefficient (Wildman–Crippen LogP) is 3.75. The number of rotatable bonds is 8. The Bertz CT molecular complexity index is 1400. The van der Waals surface area contributed by atoms with Gasteiger partial charge in [0.25, 0.3) is 0 Å². The van der Waals surface area contributed by atoms with Crippen molar-refractivity contribution in [3.05, 3.63) is 73.5 Å². The average molecular weight is 636 g/mol. The molecule has 0 bridgehead atoms. The summed E-state index contributed by atoms with van der Waals surface area (Å²) in [6.45, 7) is 3.14. The molecule has 2 aliphatic heterocycles. The number of aromatic nitrogens is 2. The number of hydrogen-bond acceptors (Lipinski definition) is 11.